The number of carbonyl (C=O) groups is 1. The van der Waals surface area contributed by atoms with E-state index in [9.17, 15) is 18.0 Å². The molecule has 7 heteroatoms. The molecule has 0 fully saturated rings. The van der Waals surface area contributed by atoms with Gasteiger partial charge >= 0.3 is 6.18 Å². The third-order valence-electron chi connectivity index (χ3n) is 5.49. The molecule has 3 aromatic carbocycles. The second-order valence-corrected chi connectivity index (χ2v) is 8.77. The van der Waals surface area contributed by atoms with Gasteiger partial charge in [0.25, 0.3) is 5.91 Å². The lowest BCUT2D eigenvalue weighted by Gasteiger charge is -2.10. The van der Waals surface area contributed by atoms with Gasteiger partial charge < -0.3 is 9.88 Å². The predicted octanol–water partition coefficient (Wildman–Crippen LogP) is 6.69. The summed E-state index contributed by atoms with van der Waals surface area (Å²) in [7, 11) is 0. The molecule has 0 saturated carbocycles. The van der Waals surface area contributed by atoms with Gasteiger partial charge in [0.1, 0.15) is 0 Å². The molecule has 0 aliphatic rings. The van der Waals surface area contributed by atoms with E-state index in [1.54, 1.807) is 11.8 Å². The van der Waals surface area contributed by atoms with Gasteiger partial charge in [-0.2, -0.15) is 13.2 Å². The fourth-order valence-corrected chi connectivity index (χ4v) is 4.83. The highest BCUT2D eigenvalue weighted by Gasteiger charge is 2.30. The van der Waals surface area contributed by atoms with Crippen LogP contribution >= 0.6 is 11.8 Å². The van der Waals surface area contributed by atoms with Crippen molar-refractivity contribution in [2.75, 3.05) is 6.54 Å². The Labute approximate surface area is 194 Å². The van der Waals surface area contributed by atoms with Crippen molar-refractivity contribution < 1.29 is 18.0 Å². The van der Waals surface area contributed by atoms with Crippen molar-refractivity contribution in [3.63, 3.8) is 0 Å². The smallest absolute Gasteiger partial charge is 0.350 e. The van der Waals surface area contributed by atoms with E-state index in [0.717, 1.165) is 33.7 Å². The van der Waals surface area contributed by atoms with E-state index in [2.05, 4.69) is 41.2 Å². The quantitative estimate of drug-likeness (QED) is 0.307. The lowest BCUT2D eigenvalue weighted by atomic mass is 10.1. The fraction of sp³-hybridized carbons (Fsp3) is 0.192. The number of aryl methyl sites for hydroxylation is 1. The van der Waals surface area contributed by atoms with Gasteiger partial charge in [-0.25, -0.2) is 0 Å². The van der Waals surface area contributed by atoms with Crippen LogP contribution in [-0.4, -0.2) is 17.0 Å². The summed E-state index contributed by atoms with van der Waals surface area (Å²) < 4.78 is 40.8. The molecule has 0 spiro atoms. The molecule has 0 bridgehead atoms. The van der Waals surface area contributed by atoms with Gasteiger partial charge in [-0.05, 0) is 42.3 Å². The predicted molar refractivity (Wildman–Crippen MR) is 126 cm³/mol. The number of para-hydroxylation sites is 1. The first-order valence-corrected chi connectivity index (χ1v) is 11.5. The van der Waals surface area contributed by atoms with Gasteiger partial charge in [0.2, 0.25) is 0 Å². The normalized spacial score (nSPS) is 11.6. The zero-order chi connectivity index (χ0) is 23.4. The summed E-state index contributed by atoms with van der Waals surface area (Å²) in [4.78, 5) is 13.5. The van der Waals surface area contributed by atoms with Crippen molar-refractivity contribution in [2.24, 2.45) is 0 Å². The molecule has 0 aliphatic carbocycles. The van der Waals surface area contributed by atoms with Gasteiger partial charge in [-0.15, -0.1) is 11.8 Å². The largest absolute Gasteiger partial charge is 0.416 e. The molecule has 0 atom stereocenters. The highest BCUT2D eigenvalue weighted by molar-refractivity contribution is 7.98. The molecule has 33 heavy (non-hydrogen) atoms. The van der Waals surface area contributed by atoms with Gasteiger partial charge in [0.15, 0.2) is 0 Å². The molecular formula is C26H23F3N2OS. The first-order valence-electron chi connectivity index (χ1n) is 10.5. The molecule has 1 aromatic heterocycles. The minimum atomic E-state index is -4.48. The molecule has 0 saturated heterocycles. The molecule has 0 unspecified atom stereocenters. The van der Waals surface area contributed by atoms with Crippen LogP contribution < -0.4 is 5.32 Å². The number of nitrogens with zero attached hydrogens (tertiary/aromatic N) is 1. The minimum Gasteiger partial charge on any atom is -0.350 e. The maximum absolute atomic E-state index is 12.9. The second kappa shape index (κ2) is 9.75. The first kappa shape index (κ1) is 23.0. The summed E-state index contributed by atoms with van der Waals surface area (Å²) in [6.45, 7) is 2.91. The van der Waals surface area contributed by atoms with E-state index < -0.39 is 17.6 Å². The third kappa shape index (κ3) is 5.42. The molecule has 4 aromatic rings. The number of amides is 1. The van der Waals surface area contributed by atoms with Crippen molar-refractivity contribution in [1.29, 1.82) is 0 Å². The van der Waals surface area contributed by atoms with Crippen molar-refractivity contribution in [1.82, 2.24) is 9.88 Å². The Morgan fingerprint density at radius 2 is 1.76 bits per heavy atom. The topological polar surface area (TPSA) is 34.0 Å². The van der Waals surface area contributed by atoms with Crippen LogP contribution in [0.4, 0.5) is 13.2 Å². The summed E-state index contributed by atoms with van der Waals surface area (Å²) in [5.74, 6) is 0.333. The van der Waals surface area contributed by atoms with Crippen molar-refractivity contribution in [3.8, 4) is 0 Å². The van der Waals surface area contributed by atoms with E-state index >= 15 is 0 Å². The van der Waals surface area contributed by atoms with Gasteiger partial charge in [0, 0.05) is 46.4 Å². The number of nitrogens with one attached hydrogen (secondary N) is 1. The van der Waals surface area contributed by atoms with Gasteiger partial charge in [0.05, 0.1) is 5.56 Å². The summed E-state index contributed by atoms with van der Waals surface area (Å²) in [6.07, 6.45) is -2.41. The van der Waals surface area contributed by atoms with Crippen LogP contribution in [0.5, 0.6) is 0 Å². The third-order valence-corrected chi connectivity index (χ3v) is 6.58. The molecule has 1 heterocycles. The van der Waals surface area contributed by atoms with Crippen LogP contribution in [0, 0.1) is 6.92 Å². The zero-order valence-electron chi connectivity index (χ0n) is 18.0. The molecule has 3 nitrogen and oxygen atoms in total. The van der Waals surface area contributed by atoms with E-state index in [-0.39, 0.29) is 5.56 Å². The van der Waals surface area contributed by atoms with Crippen molar-refractivity contribution in [3.05, 3.63) is 101 Å². The lowest BCUT2D eigenvalue weighted by Crippen LogP contribution is -2.27. The number of alkyl halides is 3. The Hall–Kier alpha value is -3.19. The van der Waals surface area contributed by atoms with Gasteiger partial charge in [-0.3, -0.25) is 4.79 Å². The lowest BCUT2D eigenvalue weighted by molar-refractivity contribution is -0.137. The molecular weight excluding hydrogens is 445 g/mol. The summed E-state index contributed by atoms with van der Waals surface area (Å²) >= 11 is 1.76. The number of benzene rings is 3. The van der Waals surface area contributed by atoms with Crippen LogP contribution in [-0.2, 0) is 18.5 Å². The average Bonchev–Trinajstić information content (AvgIpc) is 3.16. The first-order chi connectivity index (χ1) is 15.8. The molecule has 0 radical (unpaired) electrons. The Balaban J connectivity index is 1.44. The highest BCUT2D eigenvalue weighted by atomic mass is 32.2. The van der Waals surface area contributed by atoms with Crippen LogP contribution in [0.25, 0.3) is 10.9 Å². The molecule has 1 amide bonds. The minimum absolute atomic E-state index is 0.00309. The maximum Gasteiger partial charge on any atom is 0.416 e. The number of halogens is 3. The van der Waals surface area contributed by atoms with Crippen LogP contribution in [0.2, 0.25) is 0 Å². The fourth-order valence-electron chi connectivity index (χ4n) is 3.67. The highest BCUT2D eigenvalue weighted by Crippen LogP contribution is 2.33. The number of thioether (sulfide) groups is 1. The second-order valence-electron chi connectivity index (χ2n) is 7.75. The van der Waals surface area contributed by atoms with E-state index in [0.29, 0.717) is 13.1 Å². The number of aromatic nitrogens is 1. The monoisotopic (exact) mass is 468 g/mol. The number of carbonyl (C=O) groups excluding carboxylic acids is 1. The van der Waals surface area contributed by atoms with Crippen LogP contribution in [0.15, 0.2) is 83.9 Å². The standard InChI is InChI=1S/C26H23F3N2OS/c1-18-7-2-3-8-20(18)17-33-24-16-31(23-12-5-4-11-22(23)24)14-13-30-25(32)19-9-6-10-21(15-19)26(27,28)29/h2-12,15-16H,13-14,17H2,1H3,(H,30,32). The van der Waals surface area contributed by atoms with Crippen LogP contribution in [0.1, 0.15) is 27.0 Å². The number of hydrogen-bond donors (Lipinski definition) is 1. The molecule has 0 aliphatic heterocycles. The van der Waals surface area contributed by atoms with Crippen LogP contribution in [0.3, 0.4) is 0 Å². The Morgan fingerprint density at radius 1 is 1.00 bits per heavy atom. The Morgan fingerprint density at radius 3 is 2.55 bits per heavy atom. The van der Waals surface area contributed by atoms with Gasteiger partial charge in [-0.1, -0.05) is 48.5 Å². The SMILES string of the molecule is Cc1ccccc1CSc1cn(CCNC(=O)c2cccc(C(F)(F)F)c2)c2ccccc12. The van der Waals surface area contributed by atoms with Crippen molar-refractivity contribution >= 4 is 28.6 Å². The summed E-state index contributed by atoms with van der Waals surface area (Å²) in [5, 5.41) is 3.87. The average molecular weight is 469 g/mol. The molecule has 4 rings (SSSR count). The van der Waals surface area contributed by atoms with E-state index in [4.69, 9.17) is 0 Å². The Bertz CT molecular complexity index is 1280. The maximum atomic E-state index is 12.9. The van der Waals surface area contributed by atoms with E-state index in [1.165, 1.54) is 23.3 Å². The zero-order valence-corrected chi connectivity index (χ0v) is 18.8. The number of hydrogen-bond acceptors (Lipinski definition) is 2. The summed E-state index contributed by atoms with van der Waals surface area (Å²) in [5.41, 5.74) is 2.76. The number of fused-ring (bicyclic) bond motifs is 1. The van der Waals surface area contributed by atoms with E-state index in [1.807, 2.05) is 30.3 Å². The molecule has 1 N–H and O–H groups in total. The van der Waals surface area contributed by atoms with Crippen molar-refractivity contribution in [2.45, 2.75) is 30.3 Å². The summed E-state index contributed by atoms with van der Waals surface area (Å²) in [6, 6.07) is 20.8. The Kier molecular flexibility index (Phi) is 6.79. The number of rotatable bonds is 7. The molecule has 170 valence electrons.